The van der Waals surface area contributed by atoms with E-state index in [2.05, 4.69) is 15.5 Å². The minimum absolute atomic E-state index is 0.232. The summed E-state index contributed by atoms with van der Waals surface area (Å²) in [6.07, 6.45) is 1.44. The predicted molar refractivity (Wildman–Crippen MR) is 62.5 cm³/mol. The van der Waals surface area contributed by atoms with Crippen molar-refractivity contribution in [3.8, 4) is 0 Å². The van der Waals surface area contributed by atoms with Crippen LogP contribution in [-0.2, 0) is 21.2 Å². The van der Waals surface area contributed by atoms with Gasteiger partial charge in [-0.25, -0.2) is 13.1 Å². The van der Waals surface area contributed by atoms with E-state index in [4.69, 9.17) is 5.11 Å². The van der Waals surface area contributed by atoms with Crippen LogP contribution < -0.4 is 0 Å². The standard InChI is InChI=1S/C9H16N4O4S/c1-6(9(14)15)4-5-13-8(10-11-12-13)7(2)18(3,16)17/h6-7H,4-5H2,1-3H3,(H,14,15). The maximum atomic E-state index is 11.4. The number of aromatic nitrogens is 4. The molecule has 0 aliphatic carbocycles. The number of nitrogens with zero attached hydrogens (tertiary/aromatic N) is 4. The number of aliphatic carboxylic acids is 1. The molecule has 8 nitrogen and oxygen atoms in total. The van der Waals surface area contributed by atoms with Gasteiger partial charge in [-0.05, 0) is 23.8 Å². The third-order valence-corrected chi connectivity index (χ3v) is 4.26. The highest BCUT2D eigenvalue weighted by Crippen LogP contribution is 2.18. The van der Waals surface area contributed by atoms with Gasteiger partial charge < -0.3 is 5.11 Å². The summed E-state index contributed by atoms with van der Waals surface area (Å²) in [5, 5.41) is 18.7. The Morgan fingerprint density at radius 1 is 1.44 bits per heavy atom. The third-order valence-electron chi connectivity index (χ3n) is 2.76. The molecule has 1 aromatic heterocycles. The van der Waals surface area contributed by atoms with Gasteiger partial charge in [-0.15, -0.1) is 5.10 Å². The van der Waals surface area contributed by atoms with Crippen LogP contribution in [0.4, 0.5) is 0 Å². The number of hydrogen-bond acceptors (Lipinski definition) is 6. The zero-order valence-electron chi connectivity index (χ0n) is 10.4. The van der Waals surface area contributed by atoms with Gasteiger partial charge in [-0.2, -0.15) is 0 Å². The lowest BCUT2D eigenvalue weighted by molar-refractivity contribution is -0.141. The summed E-state index contributed by atoms with van der Waals surface area (Å²) in [4.78, 5) is 10.7. The Hall–Kier alpha value is -1.51. The lowest BCUT2D eigenvalue weighted by Gasteiger charge is -2.10. The largest absolute Gasteiger partial charge is 0.481 e. The molecule has 2 unspecified atom stereocenters. The fraction of sp³-hybridized carbons (Fsp3) is 0.778. The number of rotatable bonds is 6. The van der Waals surface area contributed by atoms with Gasteiger partial charge in [-0.3, -0.25) is 4.79 Å². The van der Waals surface area contributed by atoms with Crippen molar-refractivity contribution in [2.24, 2.45) is 5.92 Å². The zero-order valence-corrected chi connectivity index (χ0v) is 11.3. The molecule has 0 saturated carbocycles. The lowest BCUT2D eigenvalue weighted by Crippen LogP contribution is -2.18. The van der Waals surface area contributed by atoms with Gasteiger partial charge in [0.2, 0.25) is 0 Å². The second kappa shape index (κ2) is 5.42. The van der Waals surface area contributed by atoms with Gasteiger partial charge in [0, 0.05) is 12.8 Å². The number of carbonyl (C=O) groups is 1. The monoisotopic (exact) mass is 276 g/mol. The van der Waals surface area contributed by atoms with Crippen molar-refractivity contribution < 1.29 is 18.3 Å². The van der Waals surface area contributed by atoms with Gasteiger partial charge in [0.1, 0.15) is 5.25 Å². The van der Waals surface area contributed by atoms with Crippen molar-refractivity contribution in [3.63, 3.8) is 0 Å². The normalized spacial score (nSPS) is 15.3. The minimum atomic E-state index is -3.28. The molecule has 0 spiro atoms. The van der Waals surface area contributed by atoms with Crippen molar-refractivity contribution in [1.29, 1.82) is 0 Å². The van der Waals surface area contributed by atoms with Gasteiger partial charge in [0.25, 0.3) is 0 Å². The van der Waals surface area contributed by atoms with Crippen molar-refractivity contribution >= 4 is 15.8 Å². The van der Waals surface area contributed by atoms with Crippen molar-refractivity contribution in [3.05, 3.63) is 5.82 Å². The van der Waals surface area contributed by atoms with Gasteiger partial charge >= 0.3 is 5.97 Å². The molecule has 102 valence electrons. The summed E-state index contributed by atoms with van der Waals surface area (Å²) in [5.74, 6) is -1.20. The molecule has 1 heterocycles. The van der Waals surface area contributed by atoms with Crippen LogP contribution in [0.3, 0.4) is 0 Å². The summed E-state index contributed by atoms with van der Waals surface area (Å²) in [6, 6.07) is 0. The first-order valence-electron chi connectivity index (χ1n) is 5.41. The summed E-state index contributed by atoms with van der Waals surface area (Å²) < 4.78 is 24.2. The van der Waals surface area contributed by atoms with E-state index >= 15 is 0 Å². The Morgan fingerprint density at radius 2 is 2.06 bits per heavy atom. The summed E-state index contributed by atoms with van der Waals surface area (Å²) >= 11 is 0. The number of hydrogen-bond donors (Lipinski definition) is 1. The molecule has 18 heavy (non-hydrogen) atoms. The maximum absolute atomic E-state index is 11.4. The van der Waals surface area contributed by atoms with Crippen LogP contribution in [0, 0.1) is 5.92 Å². The van der Waals surface area contributed by atoms with Crippen LogP contribution in [0.5, 0.6) is 0 Å². The smallest absolute Gasteiger partial charge is 0.306 e. The Kier molecular flexibility index (Phi) is 4.38. The van der Waals surface area contributed by atoms with Crippen LogP contribution in [0.15, 0.2) is 0 Å². The molecule has 0 aromatic carbocycles. The number of carboxylic acid groups (broad SMARTS) is 1. The van der Waals surface area contributed by atoms with Crippen LogP contribution in [0.1, 0.15) is 31.3 Å². The topological polar surface area (TPSA) is 115 Å². The Bertz CT molecular complexity index is 524. The van der Waals surface area contributed by atoms with E-state index in [9.17, 15) is 13.2 Å². The molecular formula is C9H16N4O4S. The average molecular weight is 276 g/mol. The van der Waals surface area contributed by atoms with E-state index in [0.717, 1.165) is 6.26 Å². The van der Waals surface area contributed by atoms with E-state index < -0.39 is 27.0 Å². The van der Waals surface area contributed by atoms with Gasteiger partial charge in [-0.1, -0.05) is 6.92 Å². The van der Waals surface area contributed by atoms with Crippen molar-refractivity contribution in [1.82, 2.24) is 20.2 Å². The molecule has 1 N–H and O–H groups in total. The SMILES string of the molecule is CC(CCn1nnnc1C(C)S(C)(=O)=O)C(=O)O. The average Bonchev–Trinajstić information content (AvgIpc) is 2.71. The molecule has 1 rings (SSSR count). The van der Waals surface area contributed by atoms with E-state index in [1.165, 1.54) is 11.6 Å². The molecule has 0 amide bonds. The fourth-order valence-electron chi connectivity index (χ4n) is 1.29. The Labute approximate surface area is 105 Å². The van der Waals surface area contributed by atoms with Crippen LogP contribution in [0.25, 0.3) is 0 Å². The molecule has 0 bridgehead atoms. The van der Waals surface area contributed by atoms with E-state index in [-0.39, 0.29) is 12.4 Å². The summed E-state index contributed by atoms with van der Waals surface area (Å²) in [5.41, 5.74) is 0. The van der Waals surface area contributed by atoms with Crippen molar-refractivity contribution in [2.75, 3.05) is 6.26 Å². The van der Waals surface area contributed by atoms with Crippen molar-refractivity contribution in [2.45, 2.75) is 32.1 Å². The number of tetrazole rings is 1. The van der Waals surface area contributed by atoms with E-state index in [0.29, 0.717) is 6.42 Å². The molecular weight excluding hydrogens is 260 g/mol. The highest BCUT2D eigenvalue weighted by Gasteiger charge is 2.24. The Morgan fingerprint density at radius 3 is 2.56 bits per heavy atom. The minimum Gasteiger partial charge on any atom is -0.481 e. The van der Waals surface area contributed by atoms with Crippen LogP contribution in [0.2, 0.25) is 0 Å². The second-order valence-corrected chi connectivity index (χ2v) is 6.63. The van der Waals surface area contributed by atoms with E-state index in [1.807, 2.05) is 0 Å². The molecule has 1 aromatic rings. The molecule has 0 fully saturated rings. The number of sulfone groups is 1. The van der Waals surface area contributed by atoms with Gasteiger partial charge in [0.05, 0.1) is 5.92 Å². The molecule has 0 radical (unpaired) electrons. The summed E-state index contributed by atoms with van der Waals surface area (Å²) in [7, 11) is -3.28. The molecule has 0 saturated heterocycles. The van der Waals surface area contributed by atoms with E-state index in [1.54, 1.807) is 6.92 Å². The van der Waals surface area contributed by atoms with Gasteiger partial charge in [0.15, 0.2) is 15.7 Å². The highest BCUT2D eigenvalue weighted by molar-refractivity contribution is 7.90. The third kappa shape index (κ3) is 3.49. The zero-order chi connectivity index (χ0) is 13.9. The molecule has 0 aliphatic heterocycles. The van der Waals surface area contributed by atoms with Crippen LogP contribution in [-0.4, -0.2) is 46.0 Å². The molecule has 2 atom stereocenters. The predicted octanol–water partition coefficient (Wildman–Crippen LogP) is -0.111. The second-order valence-electron chi connectivity index (χ2n) is 4.26. The maximum Gasteiger partial charge on any atom is 0.306 e. The summed E-state index contributed by atoms with van der Waals surface area (Å²) in [6.45, 7) is 3.35. The first-order valence-corrected chi connectivity index (χ1v) is 7.36. The number of aryl methyl sites for hydroxylation is 1. The number of carboxylic acids is 1. The molecule has 9 heteroatoms. The first kappa shape index (κ1) is 14.6. The molecule has 0 aliphatic rings. The quantitative estimate of drug-likeness (QED) is 0.770. The van der Waals surface area contributed by atoms with Crippen LogP contribution >= 0.6 is 0 Å². The first-order chi connectivity index (χ1) is 8.23. The fourth-order valence-corrected chi connectivity index (χ4v) is 1.84. The Balaban J connectivity index is 2.81. The highest BCUT2D eigenvalue weighted by atomic mass is 32.2. The lowest BCUT2D eigenvalue weighted by atomic mass is 10.1.